The third-order valence-electron chi connectivity index (χ3n) is 4.90. The number of aromatic nitrogens is 1. The summed E-state index contributed by atoms with van der Waals surface area (Å²) < 4.78 is 0. The summed E-state index contributed by atoms with van der Waals surface area (Å²) in [5.74, 6) is -1.00. The van der Waals surface area contributed by atoms with Gasteiger partial charge in [-0.1, -0.05) is 11.6 Å². The van der Waals surface area contributed by atoms with Gasteiger partial charge in [-0.25, -0.2) is 0 Å². The minimum absolute atomic E-state index is 0.0221. The molecule has 0 radical (unpaired) electrons. The van der Waals surface area contributed by atoms with Gasteiger partial charge in [0.1, 0.15) is 0 Å². The summed E-state index contributed by atoms with van der Waals surface area (Å²) in [6.45, 7) is 1.92. The van der Waals surface area contributed by atoms with Crippen molar-refractivity contribution in [3.8, 4) is 0 Å². The molecule has 0 saturated carbocycles. The minimum atomic E-state index is -0.686. The Kier molecular flexibility index (Phi) is 2.98. The van der Waals surface area contributed by atoms with Gasteiger partial charge < -0.3 is 10.1 Å². The first-order chi connectivity index (χ1) is 10.1. The second kappa shape index (κ2) is 4.75. The highest BCUT2D eigenvalue weighted by Gasteiger charge is 2.41. The van der Waals surface area contributed by atoms with E-state index in [2.05, 4.69) is 9.88 Å². The average molecular weight is 305 g/mol. The number of carbonyl (C=O) groups is 1. The van der Waals surface area contributed by atoms with E-state index < -0.39 is 5.97 Å². The molecular weight excluding hydrogens is 288 g/mol. The van der Waals surface area contributed by atoms with Gasteiger partial charge in [0.25, 0.3) is 0 Å². The molecule has 2 aromatic rings. The number of fused-ring (bicyclic) bond motifs is 5. The molecule has 2 unspecified atom stereocenters. The molecule has 0 aliphatic carbocycles. The van der Waals surface area contributed by atoms with Gasteiger partial charge in [-0.2, -0.15) is 0 Å². The van der Waals surface area contributed by atoms with Crippen molar-refractivity contribution >= 4 is 28.5 Å². The topological polar surface area (TPSA) is 56.3 Å². The second-order valence-corrected chi connectivity index (χ2v) is 6.46. The Labute approximate surface area is 127 Å². The summed E-state index contributed by atoms with van der Waals surface area (Å²) in [7, 11) is 0. The van der Waals surface area contributed by atoms with Gasteiger partial charge in [-0.05, 0) is 49.6 Å². The maximum atomic E-state index is 11.6. The Morgan fingerprint density at radius 3 is 3.05 bits per heavy atom. The normalized spacial score (nSPS) is 25.6. The Morgan fingerprint density at radius 2 is 2.24 bits per heavy atom. The Morgan fingerprint density at radius 1 is 1.38 bits per heavy atom. The van der Waals surface area contributed by atoms with Crippen molar-refractivity contribution in [2.24, 2.45) is 5.92 Å². The summed E-state index contributed by atoms with van der Waals surface area (Å²) in [6.07, 6.45) is 2.68. The number of halogens is 1. The fourth-order valence-electron chi connectivity index (χ4n) is 3.98. The van der Waals surface area contributed by atoms with E-state index in [1.54, 1.807) is 0 Å². The van der Waals surface area contributed by atoms with E-state index >= 15 is 0 Å². The van der Waals surface area contributed by atoms with E-state index in [-0.39, 0.29) is 12.0 Å². The van der Waals surface area contributed by atoms with E-state index in [1.807, 2.05) is 18.2 Å². The lowest BCUT2D eigenvalue weighted by atomic mass is 9.82. The number of H-pyrrole nitrogens is 1. The molecule has 1 fully saturated rings. The van der Waals surface area contributed by atoms with Gasteiger partial charge in [0.05, 0.1) is 12.0 Å². The Hall–Kier alpha value is -1.52. The number of hydrogen-bond donors (Lipinski definition) is 2. The quantitative estimate of drug-likeness (QED) is 0.850. The molecule has 1 saturated heterocycles. The number of carboxylic acids is 1. The standard InChI is InChI=1S/C16H17ClN2O2/c17-9-3-4-13-12(8-9)10-5-7-19-6-1-2-11(16(20)21)15(19)14(10)18-13/h3-4,8,11,15,18H,1-2,5-7H2,(H,20,21). The molecule has 3 heterocycles. The third kappa shape index (κ3) is 1.97. The van der Waals surface area contributed by atoms with Crippen LogP contribution >= 0.6 is 11.6 Å². The molecule has 2 aliphatic heterocycles. The van der Waals surface area contributed by atoms with Crippen LogP contribution in [0.5, 0.6) is 0 Å². The predicted octanol–water partition coefficient (Wildman–Crippen LogP) is 3.22. The van der Waals surface area contributed by atoms with Crippen LogP contribution < -0.4 is 0 Å². The van der Waals surface area contributed by atoms with Crippen molar-refractivity contribution in [2.75, 3.05) is 13.1 Å². The molecular formula is C16H17ClN2O2. The maximum absolute atomic E-state index is 11.6. The van der Waals surface area contributed by atoms with Crippen LogP contribution in [0.2, 0.25) is 5.02 Å². The zero-order valence-electron chi connectivity index (χ0n) is 11.6. The number of aliphatic carboxylic acids is 1. The van der Waals surface area contributed by atoms with Crippen LogP contribution in [0, 0.1) is 5.92 Å². The minimum Gasteiger partial charge on any atom is -0.481 e. The fraction of sp³-hybridized carbons (Fsp3) is 0.438. The number of nitrogens with zero attached hydrogens (tertiary/aromatic N) is 1. The van der Waals surface area contributed by atoms with Gasteiger partial charge in [-0.3, -0.25) is 9.69 Å². The van der Waals surface area contributed by atoms with Crippen molar-refractivity contribution in [1.82, 2.24) is 9.88 Å². The molecule has 5 heteroatoms. The average Bonchev–Trinajstić information content (AvgIpc) is 2.84. The highest BCUT2D eigenvalue weighted by atomic mass is 35.5. The number of piperidine rings is 1. The number of carboxylic acid groups (broad SMARTS) is 1. The lowest BCUT2D eigenvalue weighted by Crippen LogP contribution is -2.45. The molecule has 0 spiro atoms. The summed E-state index contributed by atoms with van der Waals surface area (Å²) in [6, 6.07) is 5.82. The number of benzene rings is 1. The zero-order chi connectivity index (χ0) is 14.6. The van der Waals surface area contributed by atoms with Crippen LogP contribution in [0.3, 0.4) is 0 Å². The highest BCUT2D eigenvalue weighted by molar-refractivity contribution is 6.31. The lowest BCUT2D eigenvalue weighted by molar-refractivity contribution is -0.146. The molecule has 2 aliphatic rings. The summed E-state index contributed by atoms with van der Waals surface area (Å²) >= 11 is 6.12. The molecule has 0 bridgehead atoms. The SMILES string of the molecule is O=C(O)C1CCCN2CCc3c([nH]c4ccc(Cl)cc34)C12. The molecule has 0 amide bonds. The van der Waals surface area contributed by atoms with Crippen LogP contribution in [0.25, 0.3) is 10.9 Å². The first-order valence-electron chi connectivity index (χ1n) is 7.42. The maximum Gasteiger partial charge on any atom is 0.308 e. The highest BCUT2D eigenvalue weighted by Crippen LogP contribution is 2.42. The van der Waals surface area contributed by atoms with Crippen LogP contribution in [0.15, 0.2) is 18.2 Å². The van der Waals surface area contributed by atoms with E-state index in [0.29, 0.717) is 0 Å². The zero-order valence-corrected chi connectivity index (χ0v) is 12.4. The molecule has 1 aromatic carbocycles. The molecule has 2 N–H and O–H groups in total. The second-order valence-electron chi connectivity index (χ2n) is 6.02. The van der Waals surface area contributed by atoms with Gasteiger partial charge >= 0.3 is 5.97 Å². The fourth-order valence-corrected chi connectivity index (χ4v) is 4.15. The lowest BCUT2D eigenvalue weighted by Gasteiger charge is -2.42. The third-order valence-corrected chi connectivity index (χ3v) is 5.13. The molecule has 4 nitrogen and oxygen atoms in total. The molecule has 2 atom stereocenters. The first kappa shape index (κ1) is 13.2. The number of nitrogens with one attached hydrogen (secondary N) is 1. The largest absolute Gasteiger partial charge is 0.481 e. The number of hydrogen-bond acceptors (Lipinski definition) is 2. The van der Waals surface area contributed by atoms with Crippen LogP contribution in [0.4, 0.5) is 0 Å². The van der Waals surface area contributed by atoms with E-state index in [1.165, 1.54) is 5.56 Å². The van der Waals surface area contributed by atoms with Crippen molar-refractivity contribution in [3.63, 3.8) is 0 Å². The summed E-state index contributed by atoms with van der Waals surface area (Å²) in [5, 5.41) is 11.4. The molecule has 4 rings (SSSR count). The van der Waals surface area contributed by atoms with Crippen LogP contribution in [-0.4, -0.2) is 34.0 Å². The monoisotopic (exact) mass is 304 g/mol. The predicted molar refractivity (Wildman–Crippen MR) is 81.7 cm³/mol. The van der Waals surface area contributed by atoms with Crippen LogP contribution in [0.1, 0.15) is 30.1 Å². The van der Waals surface area contributed by atoms with Gasteiger partial charge in [-0.15, -0.1) is 0 Å². The summed E-state index contributed by atoms with van der Waals surface area (Å²) in [4.78, 5) is 17.4. The van der Waals surface area contributed by atoms with E-state index in [9.17, 15) is 9.90 Å². The molecule has 1 aromatic heterocycles. The van der Waals surface area contributed by atoms with Crippen LogP contribution in [-0.2, 0) is 11.2 Å². The first-order valence-corrected chi connectivity index (χ1v) is 7.80. The van der Waals surface area contributed by atoms with Crippen molar-refractivity contribution in [1.29, 1.82) is 0 Å². The van der Waals surface area contributed by atoms with Crippen molar-refractivity contribution in [2.45, 2.75) is 25.3 Å². The smallest absolute Gasteiger partial charge is 0.308 e. The Balaban J connectivity index is 1.89. The van der Waals surface area contributed by atoms with Crippen molar-refractivity contribution in [3.05, 3.63) is 34.5 Å². The van der Waals surface area contributed by atoms with Crippen molar-refractivity contribution < 1.29 is 9.90 Å². The Bertz CT molecular complexity index is 724. The molecule has 21 heavy (non-hydrogen) atoms. The van der Waals surface area contributed by atoms with E-state index in [0.717, 1.165) is 54.0 Å². The van der Waals surface area contributed by atoms with Gasteiger partial charge in [0, 0.05) is 28.2 Å². The summed E-state index contributed by atoms with van der Waals surface area (Å²) in [5.41, 5.74) is 3.40. The van der Waals surface area contributed by atoms with E-state index in [4.69, 9.17) is 11.6 Å². The van der Waals surface area contributed by atoms with Gasteiger partial charge in [0.15, 0.2) is 0 Å². The molecule has 110 valence electrons. The number of rotatable bonds is 1. The number of aromatic amines is 1. The van der Waals surface area contributed by atoms with Gasteiger partial charge in [0.2, 0.25) is 0 Å².